The molecule has 1 aliphatic rings. The summed E-state index contributed by atoms with van der Waals surface area (Å²) in [6.45, 7) is 2.39. The molecule has 0 radical (unpaired) electrons. The number of aryl methyl sites for hydroxylation is 1. The van der Waals surface area contributed by atoms with Crippen LogP contribution in [0.5, 0.6) is 0 Å². The summed E-state index contributed by atoms with van der Waals surface area (Å²) in [7, 11) is 0. The molecule has 2 amide bonds. The molecular formula is C28H26FNO4. The van der Waals surface area contributed by atoms with E-state index in [1.807, 2.05) is 18.2 Å². The van der Waals surface area contributed by atoms with E-state index in [4.69, 9.17) is 4.74 Å². The summed E-state index contributed by atoms with van der Waals surface area (Å²) >= 11 is 0. The number of hydrogen-bond donors (Lipinski definition) is 0. The molecule has 34 heavy (non-hydrogen) atoms. The van der Waals surface area contributed by atoms with Crippen LogP contribution < -0.4 is 0 Å². The van der Waals surface area contributed by atoms with E-state index < -0.39 is 0 Å². The first-order valence-corrected chi connectivity index (χ1v) is 11.4. The fraction of sp³-hybridized carbons (Fsp3) is 0.250. The summed E-state index contributed by atoms with van der Waals surface area (Å²) in [5, 5.41) is 0. The third-order valence-electron chi connectivity index (χ3n) is 5.86. The summed E-state index contributed by atoms with van der Waals surface area (Å²) in [5.74, 6) is -1.08. The number of esters is 1. The van der Waals surface area contributed by atoms with Crippen LogP contribution in [-0.4, -0.2) is 35.8 Å². The van der Waals surface area contributed by atoms with Gasteiger partial charge in [-0.25, -0.2) is 4.39 Å². The Balaban J connectivity index is 1.52. The Morgan fingerprint density at radius 1 is 0.824 bits per heavy atom. The minimum atomic E-state index is -0.284. The van der Waals surface area contributed by atoms with Crippen molar-refractivity contribution in [1.82, 2.24) is 4.90 Å². The number of nitrogens with zero attached hydrogens (tertiary/aromatic N) is 1. The van der Waals surface area contributed by atoms with E-state index in [1.54, 1.807) is 43.3 Å². The Morgan fingerprint density at radius 2 is 1.41 bits per heavy atom. The molecular weight excluding hydrogens is 433 g/mol. The standard InChI is InChI=1S/C28H26FNO4/c1-2-34-26(31)12-9-20-16-21(18-22(17-20)15-19-7-10-23(29)11-8-19)13-14-30-27(32)24-5-3-4-6-25(24)28(30)33/h3-8,10-11,16-18H,2,9,12-15H2,1H3. The van der Waals surface area contributed by atoms with Gasteiger partial charge >= 0.3 is 5.97 Å². The predicted molar refractivity (Wildman–Crippen MR) is 126 cm³/mol. The van der Waals surface area contributed by atoms with Crippen molar-refractivity contribution in [1.29, 1.82) is 0 Å². The first-order valence-electron chi connectivity index (χ1n) is 11.4. The van der Waals surface area contributed by atoms with Crippen LogP contribution in [-0.2, 0) is 28.8 Å². The molecule has 0 aromatic heterocycles. The van der Waals surface area contributed by atoms with E-state index in [0.717, 1.165) is 22.3 Å². The average molecular weight is 460 g/mol. The fourth-order valence-corrected chi connectivity index (χ4v) is 4.23. The maximum Gasteiger partial charge on any atom is 0.306 e. The SMILES string of the molecule is CCOC(=O)CCc1cc(CCN2C(=O)c3ccccc3C2=O)cc(Cc2ccc(F)cc2)c1. The molecule has 0 aliphatic carbocycles. The minimum absolute atomic E-state index is 0.251. The summed E-state index contributed by atoms with van der Waals surface area (Å²) in [5.41, 5.74) is 4.81. The molecule has 0 bridgehead atoms. The number of rotatable bonds is 9. The average Bonchev–Trinajstić information content (AvgIpc) is 3.08. The molecule has 3 aromatic carbocycles. The number of hydrogen-bond acceptors (Lipinski definition) is 4. The molecule has 0 saturated carbocycles. The Kier molecular flexibility index (Phi) is 7.16. The van der Waals surface area contributed by atoms with Gasteiger partial charge in [-0.3, -0.25) is 19.3 Å². The van der Waals surface area contributed by atoms with Crippen LogP contribution in [0.4, 0.5) is 4.39 Å². The lowest BCUT2D eigenvalue weighted by Crippen LogP contribution is -2.31. The van der Waals surface area contributed by atoms with Crippen LogP contribution in [0.2, 0.25) is 0 Å². The number of ether oxygens (including phenoxy) is 1. The number of halogens is 1. The van der Waals surface area contributed by atoms with Crippen LogP contribution in [0.15, 0.2) is 66.7 Å². The normalized spacial score (nSPS) is 12.7. The molecule has 0 unspecified atom stereocenters. The van der Waals surface area contributed by atoms with E-state index in [2.05, 4.69) is 0 Å². The number of imide groups is 1. The zero-order chi connectivity index (χ0) is 24.1. The first kappa shape index (κ1) is 23.4. The lowest BCUT2D eigenvalue weighted by atomic mass is 9.96. The van der Waals surface area contributed by atoms with Crippen molar-refractivity contribution in [2.75, 3.05) is 13.2 Å². The number of carbonyl (C=O) groups is 3. The molecule has 1 heterocycles. The zero-order valence-corrected chi connectivity index (χ0v) is 19.1. The molecule has 0 fully saturated rings. The highest BCUT2D eigenvalue weighted by molar-refractivity contribution is 6.21. The molecule has 5 nitrogen and oxygen atoms in total. The zero-order valence-electron chi connectivity index (χ0n) is 19.1. The van der Waals surface area contributed by atoms with Gasteiger partial charge in [0.15, 0.2) is 0 Å². The van der Waals surface area contributed by atoms with E-state index in [0.29, 0.717) is 37.0 Å². The van der Waals surface area contributed by atoms with Crippen molar-refractivity contribution in [3.05, 3.63) is 106 Å². The summed E-state index contributed by atoms with van der Waals surface area (Å²) in [6.07, 6.45) is 1.89. The highest BCUT2D eigenvalue weighted by atomic mass is 19.1. The molecule has 1 aliphatic heterocycles. The van der Waals surface area contributed by atoms with Crippen LogP contribution in [0.3, 0.4) is 0 Å². The third-order valence-corrected chi connectivity index (χ3v) is 5.86. The van der Waals surface area contributed by atoms with Crippen LogP contribution in [0.25, 0.3) is 0 Å². The molecule has 0 saturated heterocycles. The lowest BCUT2D eigenvalue weighted by molar-refractivity contribution is -0.143. The molecule has 6 heteroatoms. The van der Waals surface area contributed by atoms with Gasteiger partial charge in [-0.05, 0) is 72.7 Å². The summed E-state index contributed by atoms with van der Waals surface area (Å²) < 4.78 is 18.3. The first-order chi connectivity index (χ1) is 16.4. The Hall–Kier alpha value is -3.80. The highest BCUT2D eigenvalue weighted by Crippen LogP contribution is 2.23. The number of carbonyl (C=O) groups excluding carboxylic acids is 3. The molecule has 3 aromatic rings. The van der Waals surface area contributed by atoms with Gasteiger partial charge in [0.1, 0.15) is 5.82 Å². The molecule has 0 atom stereocenters. The Bertz CT molecular complexity index is 1180. The number of benzene rings is 3. The van der Waals surface area contributed by atoms with Gasteiger partial charge in [-0.15, -0.1) is 0 Å². The molecule has 0 spiro atoms. The van der Waals surface area contributed by atoms with Crippen LogP contribution in [0, 0.1) is 5.82 Å². The van der Waals surface area contributed by atoms with Crippen molar-refractivity contribution in [3.63, 3.8) is 0 Å². The van der Waals surface area contributed by atoms with Gasteiger partial charge in [-0.1, -0.05) is 42.5 Å². The second kappa shape index (κ2) is 10.4. The van der Waals surface area contributed by atoms with Crippen LogP contribution >= 0.6 is 0 Å². The maximum atomic E-state index is 13.3. The van der Waals surface area contributed by atoms with E-state index in [1.165, 1.54) is 17.0 Å². The van der Waals surface area contributed by atoms with Gasteiger partial charge in [-0.2, -0.15) is 0 Å². The minimum Gasteiger partial charge on any atom is -0.466 e. The summed E-state index contributed by atoms with van der Waals surface area (Å²) in [6, 6.07) is 19.3. The number of amides is 2. The van der Waals surface area contributed by atoms with Crippen molar-refractivity contribution < 1.29 is 23.5 Å². The molecule has 0 N–H and O–H groups in total. The van der Waals surface area contributed by atoms with Gasteiger partial charge in [0, 0.05) is 13.0 Å². The predicted octanol–water partition coefficient (Wildman–Crippen LogP) is 4.75. The molecule has 174 valence electrons. The van der Waals surface area contributed by atoms with Crippen LogP contribution in [0.1, 0.15) is 56.3 Å². The molecule has 4 rings (SSSR count). The van der Waals surface area contributed by atoms with Crippen molar-refractivity contribution in [2.45, 2.75) is 32.6 Å². The highest BCUT2D eigenvalue weighted by Gasteiger charge is 2.34. The topological polar surface area (TPSA) is 63.7 Å². The smallest absolute Gasteiger partial charge is 0.306 e. The Morgan fingerprint density at radius 3 is 2.03 bits per heavy atom. The third kappa shape index (κ3) is 5.39. The monoisotopic (exact) mass is 459 g/mol. The maximum absolute atomic E-state index is 13.3. The Labute approximate surface area is 198 Å². The number of fused-ring (bicyclic) bond motifs is 1. The second-order valence-corrected chi connectivity index (χ2v) is 8.32. The van der Waals surface area contributed by atoms with Crippen molar-refractivity contribution in [3.8, 4) is 0 Å². The lowest BCUT2D eigenvalue weighted by Gasteiger charge is -2.15. The van der Waals surface area contributed by atoms with Gasteiger partial charge in [0.25, 0.3) is 11.8 Å². The van der Waals surface area contributed by atoms with Gasteiger partial charge in [0.05, 0.1) is 17.7 Å². The van der Waals surface area contributed by atoms with E-state index in [9.17, 15) is 18.8 Å². The quantitative estimate of drug-likeness (QED) is 0.342. The van der Waals surface area contributed by atoms with Gasteiger partial charge < -0.3 is 4.74 Å². The second-order valence-electron chi connectivity index (χ2n) is 8.32. The summed E-state index contributed by atoms with van der Waals surface area (Å²) in [4.78, 5) is 38.5. The van der Waals surface area contributed by atoms with Crippen molar-refractivity contribution >= 4 is 17.8 Å². The van der Waals surface area contributed by atoms with Gasteiger partial charge in [0.2, 0.25) is 0 Å². The largest absolute Gasteiger partial charge is 0.466 e. The van der Waals surface area contributed by atoms with Crippen molar-refractivity contribution in [2.24, 2.45) is 0 Å². The fourth-order valence-electron chi connectivity index (χ4n) is 4.23. The van der Waals surface area contributed by atoms with E-state index in [-0.39, 0.29) is 36.6 Å². The van der Waals surface area contributed by atoms with E-state index >= 15 is 0 Å².